The fourth-order valence-electron chi connectivity index (χ4n) is 5.60. The second kappa shape index (κ2) is 9.95. The number of fused-ring (bicyclic) bond motifs is 1. The predicted octanol–water partition coefficient (Wildman–Crippen LogP) is 5.10. The minimum Gasteiger partial charge on any atom is -0.443 e. The van der Waals surface area contributed by atoms with Gasteiger partial charge in [-0.25, -0.2) is 9.18 Å². The van der Waals surface area contributed by atoms with Gasteiger partial charge in [-0.1, -0.05) is 16.3 Å². The van der Waals surface area contributed by atoms with Crippen LogP contribution in [0.4, 0.5) is 9.18 Å². The van der Waals surface area contributed by atoms with E-state index in [9.17, 15) is 14.4 Å². The summed E-state index contributed by atoms with van der Waals surface area (Å²) in [5, 5.41) is 13.0. The Morgan fingerprint density at radius 2 is 1.91 bits per heavy atom. The molecule has 0 atom stereocenters. The first-order valence-electron chi connectivity index (χ1n) is 11.7. The molecule has 178 valence electrons. The zero-order valence-corrected chi connectivity index (χ0v) is 19.4. The van der Waals surface area contributed by atoms with Gasteiger partial charge in [-0.2, -0.15) is 0 Å². The standard InChI is InChI=1S/C25H33FN4O3/c1-16(2)17-3-6-19(7-4-17)29-11-9-20(10-12-29)30-23-8-5-18(26)13-21(23)22(14-28-32)24(30)15-33-25(27)31/h5,8,13-14,19-20,32H,3-4,6-7,9-12,15H2,1-2H3,(H2,27,31)/b28-14-. The molecule has 4 rings (SSSR count). The Labute approximate surface area is 193 Å². The molecule has 0 bridgehead atoms. The number of amides is 1. The average molecular weight is 457 g/mol. The molecular formula is C25H33FN4O3. The summed E-state index contributed by atoms with van der Waals surface area (Å²) in [6.45, 7) is 6.33. The molecule has 0 radical (unpaired) electrons. The molecule has 7 nitrogen and oxygen atoms in total. The van der Waals surface area contributed by atoms with Crippen molar-refractivity contribution in [2.75, 3.05) is 13.1 Å². The van der Waals surface area contributed by atoms with Crippen molar-refractivity contribution in [3.05, 3.63) is 46.4 Å². The van der Waals surface area contributed by atoms with E-state index in [4.69, 9.17) is 10.5 Å². The van der Waals surface area contributed by atoms with Crippen LogP contribution in [0.15, 0.2) is 34.5 Å². The normalized spacial score (nSPS) is 20.6. The number of allylic oxidation sites excluding steroid dienone is 2. The van der Waals surface area contributed by atoms with Crippen LogP contribution in [0.2, 0.25) is 0 Å². The molecular weight excluding hydrogens is 423 g/mol. The molecule has 2 aromatic rings. The maximum absolute atomic E-state index is 14.1. The molecule has 1 aromatic carbocycles. The van der Waals surface area contributed by atoms with Gasteiger partial charge in [0.2, 0.25) is 0 Å². The van der Waals surface area contributed by atoms with Gasteiger partial charge in [0.05, 0.1) is 11.9 Å². The first kappa shape index (κ1) is 23.3. The third-order valence-corrected chi connectivity index (χ3v) is 7.29. The van der Waals surface area contributed by atoms with Gasteiger partial charge >= 0.3 is 6.09 Å². The van der Waals surface area contributed by atoms with Gasteiger partial charge in [-0.05, 0) is 70.6 Å². The maximum atomic E-state index is 14.1. The van der Waals surface area contributed by atoms with Crippen molar-refractivity contribution in [2.24, 2.45) is 10.9 Å². The molecule has 3 N–H and O–H groups in total. The number of piperidine rings is 1. The van der Waals surface area contributed by atoms with E-state index in [2.05, 4.69) is 28.5 Å². The Morgan fingerprint density at radius 3 is 2.52 bits per heavy atom. The van der Waals surface area contributed by atoms with Crippen molar-refractivity contribution in [1.29, 1.82) is 0 Å². The Kier molecular flexibility index (Phi) is 7.02. The minimum atomic E-state index is -0.882. The van der Waals surface area contributed by atoms with E-state index >= 15 is 0 Å². The number of nitrogens with zero attached hydrogens (tertiary/aromatic N) is 3. The summed E-state index contributed by atoms with van der Waals surface area (Å²) in [5.74, 6) is -0.377. The molecule has 1 amide bonds. The highest BCUT2D eigenvalue weighted by Gasteiger charge is 2.30. The number of hydrogen-bond acceptors (Lipinski definition) is 5. The van der Waals surface area contributed by atoms with Crippen LogP contribution in [-0.2, 0) is 11.3 Å². The first-order valence-corrected chi connectivity index (χ1v) is 11.7. The molecule has 1 saturated carbocycles. The summed E-state index contributed by atoms with van der Waals surface area (Å²) in [7, 11) is 0. The van der Waals surface area contributed by atoms with Crippen LogP contribution < -0.4 is 5.73 Å². The third-order valence-electron chi connectivity index (χ3n) is 7.29. The molecule has 0 spiro atoms. The number of hydrogen-bond donors (Lipinski definition) is 2. The average Bonchev–Trinajstić information content (AvgIpc) is 3.10. The molecule has 0 unspecified atom stereocenters. The van der Waals surface area contributed by atoms with E-state index in [0.717, 1.165) is 31.4 Å². The molecule has 1 saturated heterocycles. The fraction of sp³-hybridized carbons (Fsp3) is 0.520. The van der Waals surface area contributed by atoms with Gasteiger partial charge in [0.15, 0.2) is 0 Å². The number of oxime groups is 1. The van der Waals surface area contributed by atoms with Crippen LogP contribution in [0.1, 0.15) is 69.7 Å². The number of halogens is 1. The van der Waals surface area contributed by atoms with Crippen molar-refractivity contribution >= 4 is 23.2 Å². The summed E-state index contributed by atoms with van der Waals surface area (Å²) in [4.78, 5) is 13.9. The zero-order valence-electron chi connectivity index (χ0n) is 19.4. The zero-order chi connectivity index (χ0) is 23.5. The van der Waals surface area contributed by atoms with Crippen molar-refractivity contribution in [1.82, 2.24) is 9.47 Å². The molecule has 2 aliphatic rings. The highest BCUT2D eigenvalue weighted by atomic mass is 19.1. The van der Waals surface area contributed by atoms with E-state index in [1.165, 1.54) is 49.6 Å². The molecule has 1 aromatic heterocycles. The molecule has 1 aliphatic heterocycles. The summed E-state index contributed by atoms with van der Waals surface area (Å²) < 4.78 is 21.3. The number of ether oxygens (including phenoxy) is 1. The quantitative estimate of drug-likeness (QED) is 0.283. The van der Waals surface area contributed by atoms with E-state index in [-0.39, 0.29) is 18.5 Å². The number of nitrogens with two attached hydrogens (primary N) is 1. The van der Waals surface area contributed by atoms with Gasteiger partial charge in [0.25, 0.3) is 0 Å². The molecule has 8 heteroatoms. The third kappa shape index (κ3) is 4.90. The lowest BCUT2D eigenvalue weighted by Gasteiger charge is -2.40. The Balaban J connectivity index is 1.59. The topological polar surface area (TPSA) is 93.1 Å². The molecule has 2 fully saturated rings. The van der Waals surface area contributed by atoms with E-state index in [1.54, 1.807) is 11.6 Å². The Bertz CT molecular complexity index is 1070. The van der Waals surface area contributed by atoms with Crippen molar-refractivity contribution in [3.8, 4) is 0 Å². The fourth-order valence-corrected chi connectivity index (χ4v) is 5.60. The number of rotatable bonds is 5. The predicted molar refractivity (Wildman–Crippen MR) is 126 cm³/mol. The van der Waals surface area contributed by atoms with Gasteiger partial charge in [-0.15, -0.1) is 0 Å². The van der Waals surface area contributed by atoms with Gasteiger partial charge in [-0.3, -0.25) is 0 Å². The van der Waals surface area contributed by atoms with Crippen LogP contribution in [0, 0.1) is 5.82 Å². The smallest absolute Gasteiger partial charge is 0.404 e. The Hall–Kier alpha value is -2.87. The summed E-state index contributed by atoms with van der Waals surface area (Å²) in [5.41, 5.74) is 10.3. The van der Waals surface area contributed by atoms with Crippen LogP contribution >= 0.6 is 0 Å². The molecule has 2 heterocycles. The molecule has 33 heavy (non-hydrogen) atoms. The summed E-state index contributed by atoms with van der Waals surface area (Å²) >= 11 is 0. The highest BCUT2D eigenvalue weighted by Crippen LogP contribution is 2.36. The lowest BCUT2D eigenvalue weighted by Crippen LogP contribution is -2.43. The van der Waals surface area contributed by atoms with E-state index in [1.807, 2.05) is 0 Å². The highest BCUT2D eigenvalue weighted by molar-refractivity contribution is 6.01. The van der Waals surface area contributed by atoms with Crippen LogP contribution in [0.25, 0.3) is 10.9 Å². The summed E-state index contributed by atoms with van der Waals surface area (Å²) in [6.07, 6.45) is 7.08. The van der Waals surface area contributed by atoms with Gasteiger partial charge < -0.3 is 25.1 Å². The second-order valence-corrected chi connectivity index (χ2v) is 9.35. The number of likely N-dealkylation sites (tertiary alicyclic amines) is 1. The van der Waals surface area contributed by atoms with Crippen molar-refractivity contribution < 1.29 is 19.1 Å². The maximum Gasteiger partial charge on any atom is 0.404 e. The van der Waals surface area contributed by atoms with Gasteiger partial charge in [0.1, 0.15) is 12.4 Å². The Morgan fingerprint density at radius 1 is 1.21 bits per heavy atom. The number of carbonyl (C=O) groups excluding carboxylic acids is 1. The second-order valence-electron chi connectivity index (χ2n) is 9.35. The van der Waals surface area contributed by atoms with Crippen LogP contribution in [-0.4, -0.2) is 46.1 Å². The molecule has 1 aliphatic carbocycles. The lowest BCUT2D eigenvalue weighted by molar-refractivity contribution is 0.113. The first-order chi connectivity index (χ1) is 15.9. The monoisotopic (exact) mass is 456 g/mol. The van der Waals surface area contributed by atoms with E-state index < -0.39 is 6.09 Å². The van der Waals surface area contributed by atoms with Gasteiger partial charge in [0, 0.05) is 41.6 Å². The van der Waals surface area contributed by atoms with Crippen molar-refractivity contribution in [3.63, 3.8) is 0 Å². The number of benzene rings is 1. The number of primary amides is 1. The summed E-state index contributed by atoms with van der Waals surface area (Å²) in [6, 6.07) is 5.38. The van der Waals surface area contributed by atoms with Crippen LogP contribution in [0.5, 0.6) is 0 Å². The van der Waals surface area contributed by atoms with E-state index in [0.29, 0.717) is 22.7 Å². The van der Waals surface area contributed by atoms with Crippen LogP contribution in [0.3, 0.4) is 0 Å². The van der Waals surface area contributed by atoms with Crippen molar-refractivity contribution in [2.45, 2.75) is 71.1 Å². The lowest BCUT2D eigenvalue weighted by atomic mass is 9.86. The minimum absolute atomic E-state index is 0.0681. The number of aromatic nitrogens is 1. The largest absolute Gasteiger partial charge is 0.443 e. The number of carbonyl (C=O) groups is 1. The SMILES string of the molecule is CC(C)=C1CCC(N2CCC(n3c(COC(N)=O)c(/C=N\O)c4cc(F)ccc43)CC2)CC1.